The smallest absolute Gasteiger partial charge is 0.329 e. The molecule has 0 saturated carbocycles. The molecule has 2 aliphatic rings. The van der Waals surface area contributed by atoms with E-state index in [9.17, 15) is 18.8 Å². The lowest BCUT2D eigenvalue weighted by molar-refractivity contribution is -0.127. The van der Waals surface area contributed by atoms with E-state index in [0.29, 0.717) is 22.7 Å². The van der Waals surface area contributed by atoms with Crippen molar-refractivity contribution in [2.24, 2.45) is 0 Å². The molecule has 4 rings (SSSR count). The summed E-state index contributed by atoms with van der Waals surface area (Å²) < 4.78 is 24.1. The number of imide groups is 1. The second-order valence-electron chi connectivity index (χ2n) is 7.89. The summed E-state index contributed by atoms with van der Waals surface area (Å²) in [6.07, 6.45) is 3.69. The molecule has 2 aliphatic heterocycles. The van der Waals surface area contributed by atoms with Gasteiger partial charge in [0.1, 0.15) is 29.6 Å². The quantitative estimate of drug-likeness (QED) is 0.479. The number of urea groups is 1. The van der Waals surface area contributed by atoms with Crippen LogP contribution in [0.25, 0.3) is 6.08 Å². The topological polar surface area (TPSA) is 100 Å². The molecule has 0 aromatic heterocycles. The minimum Gasteiger partial charge on any atom is -0.496 e. The fraction of sp³-hybridized carbons (Fsp3) is 0.292. The molecule has 0 radical (unpaired) electrons. The molecular formula is C24H25FN4O5. The Hall–Kier alpha value is -4.08. The van der Waals surface area contributed by atoms with Crippen LogP contribution in [0.4, 0.5) is 20.6 Å². The summed E-state index contributed by atoms with van der Waals surface area (Å²) in [4.78, 5) is 40.6. The Bertz CT molecular complexity index is 1140. The van der Waals surface area contributed by atoms with Crippen molar-refractivity contribution in [1.29, 1.82) is 0 Å². The third-order valence-electron chi connectivity index (χ3n) is 5.67. The van der Waals surface area contributed by atoms with Crippen molar-refractivity contribution < 1.29 is 28.2 Å². The predicted molar refractivity (Wildman–Crippen MR) is 124 cm³/mol. The number of nitrogens with zero attached hydrogens (tertiary/aromatic N) is 2. The van der Waals surface area contributed by atoms with E-state index < -0.39 is 30.2 Å². The third-order valence-corrected chi connectivity index (χ3v) is 5.67. The molecule has 0 atom stereocenters. The zero-order valence-corrected chi connectivity index (χ0v) is 18.9. The molecule has 34 heavy (non-hydrogen) atoms. The van der Waals surface area contributed by atoms with E-state index in [0.717, 1.165) is 36.5 Å². The van der Waals surface area contributed by atoms with Gasteiger partial charge in [-0.05, 0) is 49.2 Å². The summed E-state index contributed by atoms with van der Waals surface area (Å²) in [5.41, 5.74) is 1.81. The summed E-state index contributed by atoms with van der Waals surface area (Å²) in [5.74, 6) is -0.538. The number of methoxy groups -OCH3 is 2. The molecule has 9 nitrogen and oxygen atoms in total. The number of carbonyl (C=O) groups excluding carboxylic acids is 3. The average Bonchev–Trinajstić information content (AvgIpc) is 3.45. The molecule has 178 valence electrons. The zero-order chi connectivity index (χ0) is 24.2. The molecule has 0 spiro atoms. The Morgan fingerprint density at radius 1 is 1.09 bits per heavy atom. The van der Waals surface area contributed by atoms with Crippen LogP contribution in [0.1, 0.15) is 18.4 Å². The van der Waals surface area contributed by atoms with Crippen LogP contribution in [0.5, 0.6) is 11.5 Å². The minimum atomic E-state index is -0.717. The van der Waals surface area contributed by atoms with Crippen molar-refractivity contribution in [3.05, 3.63) is 53.5 Å². The van der Waals surface area contributed by atoms with Gasteiger partial charge in [0.05, 0.1) is 19.9 Å². The van der Waals surface area contributed by atoms with Gasteiger partial charge in [-0.15, -0.1) is 0 Å². The first-order chi connectivity index (χ1) is 16.4. The van der Waals surface area contributed by atoms with E-state index in [1.54, 1.807) is 13.2 Å². The largest absolute Gasteiger partial charge is 0.496 e. The monoisotopic (exact) mass is 468 g/mol. The molecule has 2 N–H and O–H groups in total. The van der Waals surface area contributed by atoms with Gasteiger partial charge in [-0.1, -0.05) is 0 Å². The molecule has 2 saturated heterocycles. The van der Waals surface area contributed by atoms with Gasteiger partial charge in [-0.3, -0.25) is 9.59 Å². The van der Waals surface area contributed by atoms with Crippen LogP contribution >= 0.6 is 0 Å². The van der Waals surface area contributed by atoms with E-state index in [4.69, 9.17) is 9.47 Å². The van der Waals surface area contributed by atoms with Crippen LogP contribution in [-0.2, 0) is 9.59 Å². The first-order valence-corrected chi connectivity index (χ1v) is 10.8. The highest BCUT2D eigenvalue weighted by molar-refractivity contribution is 6.16. The molecular weight excluding hydrogens is 443 g/mol. The number of nitrogens with one attached hydrogen (secondary N) is 2. The number of rotatable bonds is 7. The molecule has 4 amide bonds. The van der Waals surface area contributed by atoms with Crippen molar-refractivity contribution in [1.82, 2.24) is 10.2 Å². The molecule has 2 aromatic carbocycles. The number of ether oxygens (including phenoxy) is 2. The maximum atomic E-state index is 13.0. The standard InChI is InChI=1S/C24H25FN4O5/c1-33-20-13-19(28-9-3-4-10-28)21(34-2)12-15(20)11-18-23(31)29(24(32)27-18)14-22(30)26-17-7-5-16(25)6-8-17/h5-8,11-13H,3-4,9-10,14H2,1-2H3,(H,26,30)(H,27,32)/b18-11-. The Labute approximate surface area is 196 Å². The Balaban J connectivity index is 1.53. The van der Waals surface area contributed by atoms with Crippen LogP contribution in [0.15, 0.2) is 42.1 Å². The zero-order valence-electron chi connectivity index (χ0n) is 18.9. The van der Waals surface area contributed by atoms with Crippen molar-refractivity contribution in [3.8, 4) is 11.5 Å². The Morgan fingerprint density at radius 3 is 2.41 bits per heavy atom. The lowest BCUT2D eigenvalue weighted by Gasteiger charge is -2.22. The van der Waals surface area contributed by atoms with Gasteiger partial charge in [0.2, 0.25) is 5.91 Å². The van der Waals surface area contributed by atoms with Crippen LogP contribution in [0.3, 0.4) is 0 Å². The van der Waals surface area contributed by atoms with Gasteiger partial charge >= 0.3 is 6.03 Å². The summed E-state index contributed by atoms with van der Waals surface area (Å²) in [6, 6.07) is 8.05. The van der Waals surface area contributed by atoms with Crippen molar-refractivity contribution >= 4 is 35.3 Å². The van der Waals surface area contributed by atoms with E-state index in [2.05, 4.69) is 15.5 Å². The molecule has 0 bridgehead atoms. The van der Waals surface area contributed by atoms with Crippen molar-refractivity contribution in [2.75, 3.05) is 44.1 Å². The second kappa shape index (κ2) is 9.82. The highest BCUT2D eigenvalue weighted by atomic mass is 19.1. The third kappa shape index (κ3) is 4.80. The van der Waals surface area contributed by atoms with E-state index in [1.165, 1.54) is 37.5 Å². The fourth-order valence-electron chi connectivity index (χ4n) is 3.97. The highest BCUT2D eigenvalue weighted by Crippen LogP contribution is 2.38. The molecule has 2 aromatic rings. The molecule has 2 fully saturated rings. The van der Waals surface area contributed by atoms with Gasteiger partial charge in [0.25, 0.3) is 5.91 Å². The number of carbonyl (C=O) groups is 3. The first kappa shape index (κ1) is 23.1. The maximum absolute atomic E-state index is 13.0. The van der Waals surface area contributed by atoms with E-state index >= 15 is 0 Å². The number of anilines is 2. The number of benzene rings is 2. The summed E-state index contributed by atoms with van der Waals surface area (Å²) in [7, 11) is 3.10. The average molecular weight is 468 g/mol. The van der Waals surface area contributed by atoms with Gasteiger partial charge in [-0.25, -0.2) is 14.1 Å². The van der Waals surface area contributed by atoms with Gasteiger partial charge in [0, 0.05) is 30.4 Å². The van der Waals surface area contributed by atoms with E-state index in [-0.39, 0.29) is 5.70 Å². The van der Waals surface area contributed by atoms with Gasteiger partial charge in [-0.2, -0.15) is 0 Å². The van der Waals surface area contributed by atoms with Gasteiger partial charge in [0.15, 0.2) is 0 Å². The number of amides is 4. The van der Waals surface area contributed by atoms with Crippen LogP contribution in [0, 0.1) is 5.82 Å². The lowest BCUT2D eigenvalue weighted by atomic mass is 10.1. The Morgan fingerprint density at radius 2 is 1.76 bits per heavy atom. The Kier molecular flexibility index (Phi) is 6.67. The van der Waals surface area contributed by atoms with Gasteiger partial charge < -0.3 is 25.0 Å². The molecule has 10 heteroatoms. The van der Waals surface area contributed by atoms with Crippen LogP contribution in [0.2, 0.25) is 0 Å². The van der Waals surface area contributed by atoms with Crippen molar-refractivity contribution in [2.45, 2.75) is 12.8 Å². The predicted octanol–water partition coefficient (Wildman–Crippen LogP) is 2.97. The second-order valence-corrected chi connectivity index (χ2v) is 7.89. The summed E-state index contributed by atoms with van der Waals surface area (Å²) in [5, 5.41) is 5.03. The number of hydrogen-bond acceptors (Lipinski definition) is 6. The molecule has 0 unspecified atom stereocenters. The van der Waals surface area contributed by atoms with Crippen molar-refractivity contribution in [3.63, 3.8) is 0 Å². The maximum Gasteiger partial charge on any atom is 0.329 e. The summed E-state index contributed by atoms with van der Waals surface area (Å²) >= 11 is 0. The normalized spacial score (nSPS) is 16.7. The molecule has 0 aliphatic carbocycles. The summed E-state index contributed by atoms with van der Waals surface area (Å²) in [6.45, 7) is 1.35. The van der Waals surface area contributed by atoms with E-state index in [1.807, 2.05) is 6.07 Å². The minimum absolute atomic E-state index is 0.00820. The van der Waals surface area contributed by atoms with Crippen LogP contribution < -0.4 is 25.0 Å². The lowest BCUT2D eigenvalue weighted by Crippen LogP contribution is -2.38. The fourth-order valence-corrected chi connectivity index (χ4v) is 3.97. The number of halogens is 1. The van der Waals surface area contributed by atoms with Crippen LogP contribution in [-0.4, -0.2) is 56.6 Å². The highest BCUT2D eigenvalue weighted by Gasteiger charge is 2.35. The number of hydrogen-bond donors (Lipinski definition) is 2. The SMILES string of the molecule is COc1cc(N2CCCC2)c(OC)cc1/C=C1\NC(=O)N(CC(=O)Nc2ccc(F)cc2)C1=O. The first-order valence-electron chi connectivity index (χ1n) is 10.8. The molecule has 2 heterocycles.